The van der Waals surface area contributed by atoms with Crippen LogP contribution < -0.4 is 14.6 Å². The number of benzene rings is 2. The summed E-state index contributed by atoms with van der Waals surface area (Å²) < 4.78 is 15.8. The van der Waals surface area contributed by atoms with Crippen molar-refractivity contribution >= 4 is 17.6 Å². The second-order valence-electron chi connectivity index (χ2n) is 5.62. The number of hydrogen-bond donors (Lipinski definition) is 0. The number of rotatable bonds is 7. The van der Waals surface area contributed by atoms with Gasteiger partial charge in [0, 0.05) is 23.5 Å². The molecule has 1 heterocycles. The number of carboxylic acids is 1. The highest BCUT2D eigenvalue weighted by molar-refractivity contribution is 5.88. The third-order valence-corrected chi connectivity index (χ3v) is 3.82. The summed E-state index contributed by atoms with van der Waals surface area (Å²) in [6.07, 6.45) is 1.34. The molecule has 0 aliphatic rings. The lowest BCUT2D eigenvalue weighted by Gasteiger charge is -2.07. The van der Waals surface area contributed by atoms with Crippen molar-refractivity contribution in [2.45, 2.75) is 6.42 Å². The Hall–Kier alpha value is -3.61. The first-order chi connectivity index (χ1) is 13.1. The van der Waals surface area contributed by atoms with Gasteiger partial charge in [-0.3, -0.25) is 0 Å². The van der Waals surface area contributed by atoms with E-state index < -0.39 is 5.97 Å². The van der Waals surface area contributed by atoms with E-state index in [1.54, 1.807) is 31.4 Å². The van der Waals surface area contributed by atoms with Gasteiger partial charge in [0.1, 0.15) is 0 Å². The molecule has 3 rings (SSSR count). The summed E-state index contributed by atoms with van der Waals surface area (Å²) in [7, 11) is 3.08. The van der Waals surface area contributed by atoms with Gasteiger partial charge >= 0.3 is 0 Å². The van der Waals surface area contributed by atoms with Crippen LogP contribution in [-0.4, -0.2) is 30.3 Å². The maximum atomic E-state index is 11.1. The number of ether oxygens (including phenoxy) is 2. The van der Waals surface area contributed by atoms with Crippen LogP contribution in [0, 0.1) is 0 Å². The molecule has 7 nitrogen and oxygen atoms in total. The van der Waals surface area contributed by atoms with Crippen molar-refractivity contribution in [3.63, 3.8) is 0 Å². The van der Waals surface area contributed by atoms with E-state index in [1.165, 1.54) is 7.11 Å². The largest absolute Gasteiger partial charge is 0.550 e. The van der Waals surface area contributed by atoms with E-state index in [-0.39, 0.29) is 12.3 Å². The predicted octanol–water partition coefficient (Wildman–Crippen LogP) is 2.43. The Labute approximate surface area is 155 Å². The Morgan fingerprint density at radius 3 is 2.52 bits per heavy atom. The Balaban J connectivity index is 1.96. The molecule has 0 spiro atoms. The zero-order chi connectivity index (χ0) is 19.2. The van der Waals surface area contributed by atoms with E-state index in [9.17, 15) is 9.90 Å². The number of methoxy groups -OCH3 is 2. The maximum absolute atomic E-state index is 11.1. The number of carbonyl (C=O) groups excluding carboxylic acids is 1. The van der Waals surface area contributed by atoms with Crippen LogP contribution in [0.1, 0.15) is 17.9 Å². The average Bonchev–Trinajstić information content (AvgIpc) is 3.17. The fourth-order valence-electron chi connectivity index (χ4n) is 2.54. The SMILES string of the molecule is COc1ccc(-c2noc(/C(=C/c3ccccc3)CC(=O)[O-])n2)cc1OC. The first-order valence-electron chi connectivity index (χ1n) is 8.12. The number of aliphatic carboxylic acids is 1. The van der Waals surface area contributed by atoms with E-state index in [0.29, 0.717) is 28.5 Å². The van der Waals surface area contributed by atoms with Gasteiger partial charge in [-0.05, 0) is 29.8 Å². The van der Waals surface area contributed by atoms with Crippen LogP contribution in [0.3, 0.4) is 0 Å². The molecule has 0 unspecified atom stereocenters. The van der Waals surface area contributed by atoms with E-state index in [0.717, 1.165) is 5.56 Å². The van der Waals surface area contributed by atoms with Crippen molar-refractivity contribution in [3.8, 4) is 22.9 Å². The lowest BCUT2D eigenvalue weighted by Crippen LogP contribution is -2.22. The molecule has 2 aromatic carbocycles. The number of carbonyl (C=O) groups is 1. The highest BCUT2D eigenvalue weighted by atomic mass is 16.5. The summed E-state index contributed by atoms with van der Waals surface area (Å²) >= 11 is 0. The molecule has 0 atom stereocenters. The molecular weight excluding hydrogens is 348 g/mol. The highest BCUT2D eigenvalue weighted by Gasteiger charge is 2.15. The fraction of sp³-hybridized carbons (Fsp3) is 0.150. The van der Waals surface area contributed by atoms with Gasteiger partial charge in [-0.2, -0.15) is 4.98 Å². The normalized spacial score (nSPS) is 11.3. The summed E-state index contributed by atoms with van der Waals surface area (Å²) in [6.45, 7) is 0. The highest BCUT2D eigenvalue weighted by Crippen LogP contribution is 2.32. The van der Waals surface area contributed by atoms with Gasteiger partial charge in [-0.25, -0.2) is 0 Å². The number of hydrogen-bond acceptors (Lipinski definition) is 7. The molecule has 138 valence electrons. The summed E-state index contributed by atoms with van der Waals surface area (Å²) in [5.41, 5.74) is 1.83. The molecule has 0 fully saturated rings. The van der Waals surface area contributed by atoms with Crippen LogP contribution in [0.25, 0.3) is 23.0 Å². The summed E-state index contributed by atoms with van der Waals surface area (Å²) in [5, 5.41) is 15.1. The Bertz CT molecular complexity index is 964. The lowest BCUT2D eigenvalue weighted by atomic mass is 10.1. The minimum absolute atomic E-state index is 0.118. The topological polar surface area (TPSA) is 97.5 Å². The number of aromatic nitrogens is 2. The Morgan fingerprint density at radius 2 is 1.85 bits per heavy atom. The first kappa shape index (κ1) is 18.2. The second kappa shape index (κ2) is 8.18. The van der Waals surface area contributed by atoms with Gasteiger partial charge in [-0.1, -0.05) is 35.5 Å². The van der Waals surface area contributed by atoms with E-state index in [1.807, 2.05) is 30.3 Å². The molecule has 3 aromatic rings. The second-order valence-corrected chi connectivity index (χ2v) is 5.62. The van der Waals surface area contributed by atoms with Crippen molar-refractivity contribution in [2.24, 2.45) is 0 Å². The molecule has 0 aliphatic carbocycles. The van der Waals surface area contributed by atoms with E-state index >= 15 is 0 Å². The van der Waals surface area contributed by atoms with Crippen LogP contribution in [-0.2, 0) is 4.79 Å². The van der Waals surface area contributed by atoms with E-state index in [4.69, 9.17) is 14.0 Å². The van der Waals surface area contributed by atoms with Crippen molar-refractivity contribution in [2.75, 3.05) is 14.2 Å². The molecule has 27 heavy (non-hydrogen) atoms. The molecule has 0 radical (unpaired) electrons. The summed E-state index contributed by atoms with van der Waals surface area (Å²) in [4.78, 5) is 15.5. The third-order valence-electron chi connectivity index (χ3n) is 3.82. The molecule has 7 heteroatoms. The molecule has 0 bridgehead atoms. The minimum Gasteiger partial charge on any atom is -0.550 e. The van der Waals surface area contributed by atoms with Gasteiger partial charge in [0.25, 0.3) is 5.89 Å². The van der Waals surface area contributed by atoms with Gasteiger partial charge < -0.3 is 23.9 Å². The first-order valence-corrected chi connectivity index (χ1v) is 8.12. The minimum atomic E-state index is -1.23. The molecule has 0 saturated heterocycles. The lowest BCUT2D eigenvalue weighted by molar-refractivity contribution is -0.304. The number of carboxylic acid groups (broad SMARTS) is 1. The van der Waals surface area contributed by atoms with Crippen molar-refractivity contribution in [1.29, 1.82) is 0 Å². The van der Waals surface area contributed by atoms with Crippen LogP contribution in [0.2, 0.25) is 0 Å². The Kier molecular flexibility index (Phi) is 5.51. The Morgan fingerprint density at radius 1 is 1.11 bits per heavy atom. The molecule has 0 N–H and O–H groups in total. The third kappa shape index (κ3) is 4.33. The molecule has 0 aliphatic heterocycles. The zero-order valence-electron chi connectivity index (χ0n) is 14.8. The molecule has 0 amide bonds. The van der Waals surface area contributed by atoms with Gasteiger partial charge in [0.2, 0.25) is 5.82 Å². The van der Waals surface area contributed by atoms with Crippen molar-refractivity contribution < 1.29 is 23.9 Å². The van der Waals surface area contributed by atoms with Crippen LogP contribution in [0.4, 0.5) is 0 Å². The summed E-state index contributed by atoms with van der Waals surface area (Å²) in [5.74, 6) is 0.293. The molecule has 0 saturated carbocycles. The standard InChI is InChI=1S/C20H18N2O5/c1-25-16-9-8-14(11-17(16)26-2)19-21-20(27-22-19)15(12-18(23)24)10-13-6-4-3-5-7-13/h3-11H,12H2,1-2H3,(H,23,24)/p-1/b15-10+. The number of nitrogens with zero attached hydrogens (tertiary/aromatic N) is 2. The maximum Gasteiger partial charge on any atom is 0.254 e. The average molecular weight is 365 g/mol. The van der Waals surface area contributed by atoms with Crippen LogP contribution in [0.15, 0.2) is 53.1 Å². The molecule has 1 aromatic heterocycles. The monoisotopic (exact) mass is 365 g/mol. The zero-order valence-corrected chi connectivity index (χ0v) is 14.8. The summed E-state index contributed by atoms with van der Waals surface area (Å²) in [6, 6.07) is 14.5. The quantitative estimate of drug-likeness (QED) is 0.634. The van der Waals surface area contributed by atoms with Crippen molar-refractivity contribution in [1.82, 2.24) is 10.1 Å². The van der Waals surface area contributed by atoms with Gasteiger partial charge in [0.05, 0.1) is 14.2 Å². The van der Waals surface area contributed by atoms with E-state index in [2.05, 4.69) is 10.1 Å². The van der Waals surface area contributed by atoms with Gasteiger partial charge in [-0.15, -0.1) is 0 Å². The smallest absolute Gasteiger partial charge is 0.254 e. The molecular formula is C20H17N2O5-. The predicted molar refractivity (Wildman–Crippen MR) is 96.8 cm³/mol. The van der Waals surface area contributed by atoms with Crippen LogP contribution >= 0.6 is 0 Å². The fourth-order valence-corrected chi connectivity index (χ4v) is 2.54. The van der Waals surface area contributed by atoms with Crippen LogP contribution in [0.5, 0.6) is 11.5 Å². The van der Waals surface area contributed by atoms with Gasteiger partial charge in [0.15, 0.2) is 11.5 Å². The van der Waals surface area contributed by atoms with Crippen molar-refractivity contribution in [3.05, 3.63) is 60.0 Å².